The Morgan fingerprint density at radius 3 is 2.60 bits per heavy atom. The van der Waals surface area contributed by atoms with Gasteiger partial charge in [0.25, 0.3) is 0 Å². The Balaban J connectivity index is 2.06. The summed E-state index contributed by atoms with van der Waals surface area (Å²) in [6.45, 7) is 2.07. The average Bonchev–Trinajstić information content (AvgIpc) is 2.49. The van der Waals surface area contributed by atoms with E-state index in [0.29, 0.717) is 0 Å². The van der Waals surface area contributed by atoms with Crippen molar-refractivity contribution in [1.29, 1.82) is 5.26 Å². The molecule has 0 spiro atoms. The van der Waals surface area contributed by atoms with Crippen LogP contribution in [0.1, 0.15) is 31.2 Å². The molecule has 0 bridgehead atoms. The molecule has 1 aromatic carbocycles. The quantitative estimate of drug-likeness (QED) is 0.633. The lowest BCUT2D eigenvalue weighted by atomic mass is 10.2. The second-order valence-electron chi connectivity index (χ2n) is 4.67. The van der Waals surface area contributed by atoms with Gasteiger partial charge in [0, 0.05) is 6.54 Å². The van der Waals surface area contributed by atoms with E-state index in [1.165, 1.54) is 37.0 Å². The summed E-state index contributed by atoms with van der Waals surface area (Å²) < 4.78 is 5.22. The van der Waals surface area contributed by atoms with Crippen LogP contribution in [0.5, 0.6) is 5.75 Å². The molecular formula is C16H24N2OS. The molecule has 0 aliphatic carbocycles. The molecule has 0 radical (unpaired) electrons. The van der Waals surface area contributed by atoms with Gasteiger partial charge in [-0.25, -0.2) is 0 Å². The maximum Gasteiger partial charge on any atom is 0.174 e. The Labute approximate surface area is 126 Å². The van der Waals surface area contributed by atoms with Gasteiger partial charge in [-0.3, -0.25) is 0 Å². The van der Waals surface area contributed by atoms with Gasteiger partial charge in [-0.2, -0.15) is 17.0 Å². The first-order chi connectivity index (χ1) is 9.86. The molecule has 0 aromatic heterocycles. The third kappa shape index (κ3) is 8.08. The molecule has 0 unspecified atom stereocenters. The van der Waals surface area contributed by atoms with Crippen molar-refractivity contribution < 1.29 is 4.74 Å². The number of hydrogen-bond donors (Lipinski definition) is 1. The van der Waals surface area contributed by atoms with Gasteiger partial charge in [0.2, 0.25) is 0 Å². The van der Waals surface area contributed by atoms with Crippen molar-refractivity contribution in [3.05, 3.63) is 29.8 Å². The summed E-state index contributed by atoms with van der Waals surface area (Å²) in [5, 5.41) is 11.9. The zero-order valence-electron chi connectivity index (χ0n) is 12.2. The summed E-state index contributed by atoms with van der Waals surface area (Å²) in [5.74, 6) is 2.04. The largest absolute Gasteiger partial charge is 0.479 e. The van der Waals surface area contributed by atoms with Crippen LogP contribution in [0.4, 0.5) is 0 Å². The van der Waals surface area contributed by atoms with Crippen LogP contribution < -0.4 is 10.1 Å². The predicted molar refractivity (Wildman–Crippen MR) is 86.1 cm³/mol. The molecule has 0 fully saturated rings. The van der Waals surface area contributed by atoms with Gasteiger partial charge in [-0.05, 0) is 49.1 Å². The highest BCUT2D eigenvalue weighted by Gasteiger charge is 1.96. The minimum absolute atomic E-state index is 0.105. The van der Waals surface area contributed by atoms with Gasteiger partial charge < -0.3 is 10.1 Å². The number of unbranched alkanes of at least 4 members (excludes halogenated alkanes) is 3. The summed E-state index contributed by atoms with van der Waals surface area (Å²) >= 11 is 1.93. The zero-order chi connectivity index (χ0) is 14.5. The van der Waals surface area contributed by atoms with Crippen molar-refractivity contribution in [3.63, 3.8) is 0 Å². The van der Waals surface area contributed by atoms with Crippen LogP contribution in [0.15, 0.2) is 24.3 Å². The molecule has 0 aliphatic rings. The van der Waals surface area contributed by atoms with Gasteiger partial charge in [-0.1, -0.05) is 25.0 Å². The molecular weight excluding hydrogens is 268 g/mol. The van der Waals surface area contributed by atoms with Crippen molar-refractivity contribution in [2.45, 2.75) is 32.2 Å². The minimum atomic E-state index is 0.105. The van der Waals surface area contributed by atoms with Crippen LogP contribution >= 0.6 is 11.8 Å². The topological polar surface area (TPSA) is 45.0 Å². The van der Waals surface area contributed by atoms with Crippen molar-refractivity contribution in [1.82, 2.24) is 5.32 Å². The van der Waals surface area contributed by atoms with E-state index in [0.717, 1.165) is 18.8 Å². The molecule has 0 heterocycles. The molecule has 0 aliphatic heterocycles. The number of benzene rings is 1. The lowest BCUT2D eigenvalue weighted by Crippen LogP contribution is -2.14. The lowest BCUT2D eigenvalue weighted by Gasteiger charge is -2.06. The molecule has 0 atom stereocenters. The molecule has 3 nitrogen and oxygen atoms in total. The molecule has 0 saturated carbocycles. The number of rotatable bonds is 11. The number of ether oxygens (including phenoxy) is 1. The minimum Gasteiger partial charge on any atom is -0.479 e. The highest BCUT2D eigenvalue weighted by Crippen LogP contribution is 2.11. The number of hydrogen-bond acceptors (Lipinski definition) is 4. The van der Waals surface area contributed by atoms with Crippen LogP contribution in [0.2, 0.25) is 0 Å². The maximum atomic E-state index is 8.43. The van der Waals surface area contributed by atoms with E-state index >= 15 is 0 Å². The SMILES string of the molecule is CSCCCCCCNCc1ccc(OCC#N)cc1. The Morgan fingerprint density at radius 1 is 1.15 bits per heavy atom. The summed E-state index contributed by atoms with van der Waals surface area (Å²) in [7, 11) is 0. The van der Waals surface area contributed by atoms with Gasteiger partial charge >= 0.3 is 0 Å². The lowest BCUT2D eigenvalue weighted by molar-refractivity contribution is 0.368. The summed E-state index contributed by atoms with van der Waals surface area (Å²) in [6, 6.07) is 9.87. The predicted octanol–water partition coefficient (Wildman–Crippen LogP) is 3.60. The maximum absolute atomic E-state index is 8.43. The van der Waals surface area contributed by atoms with E-state index in [-0.39, 0.29) is 6.61 Å². The van der Waals surface area contributed by atoms with Crippen LogP contribution in [-0.2, 0) is 6.54 Å². The molecule has 0 saturated heterocycles. The highest BCUT2D eigenvalue weighted by atomic mass is 32.2. The Morgan fingerprint density at radius 2 is 1.90 bits per heavy atom. The Kier molecular flexibility index (Phi) is 9.81. The molecule has 1 rings (SSSR count). The number of thioether (sulfide) groups is 1. The number of nitrogens with one attached hydrogen (secondary N) is 1. The third-order valence-electron chi connectivity index (χ3n) is 3.01. The van der Waals surface area contributed by atoms with E-state index in [1.54, 1.807) is 0 Å². The van der Waals surface area contributed by atoms with Crippen LogP contribution in [0.25, 0.3) is 0 Å². The monoisotopic (exact) mass is 292 g/mol. The Bertz CT molecular complexity index is 386. The number of nitrogens with zero attached hydrogens (tertiary/aromatic N) is 1. The van der Waals surface area contributed by atoms with E-state index in [2.05, 4.69) is 11.6 Å². The standard InChI is InChI=1S/C16H24N2OS/c1-20-13-5-3-2-4-11-18-14-15-6-8-16(9-7-15)19-12-10-17/h6-9,18H,2-5,11-14H2,1H3. The average molecular weight is 292 g/mol. The first-order valence-electron chi connectivity index (χ1n) is 7.15. The van der Waals surface area contributed by atoms with E-state index in [1.807, 2.05) is 42.1 Å². The van der Waals surface area contributed by atoms with Crippen LogP contribution in [-0.4, -0.2) is 25.2 Å². The summed E-state index contributed by atoms with van der Waals surface area (Å²) in [4.78, 5) is 0. The van der Waals surface area contributed by atoms with E-state index in [9.17, 15) is 0 Å². The highest BCUT2D eigenvalue weighted by molar-refractivity contribution is 7.98. The van der Waals surface area contributed by atoms with E-state index < -0.39 is 0 Å². The van der Waals surface area contributed by atoms with E-state index in [4.69, 9.17) is 10.00 Å². The first-order valence-corrected chi connectivity index (χ1v) is 8.54. The number of nitriles is 1. The van der Waals surface area contributed by atoms with Gasteiger partial charge in [0.05, 0.1) is 0 Å². The van der Waals surface area contributed by atoms with Gasteiger partial charge in [0.1, 0.15) is 11.8 Å². The smallest absolute Gasteiger partial charge is 0.174 e. The van der Waals surface area contributed by atoms with Crippen LogP contribution in [0.3, 0.4) is 0 Å². The summed E-state index contributed by atoms with van der Waals surface area (Å²) in [6.07, 6.45) is 7.41. The fourth-order valence-corrected chi connectivity index (χ4v) is 2.39. The third-order valence-corrected chi connectivity index (χ3v) is 3.70. The molecule has 0 amide bonds. The summed E-state index contributed by atoms with van der Waals surface area (Å²) in [5.41, 5.74) is 1.25. The molecule has 110 valence electrons. The fourth-order valence-electron chi connectivity index (χ4n) is 1.90. The van der Waals surface area contributed by atoms with Crippen molar-refractivity contribution >= 4 is 11.8 Å². The van der Waals surface area contributed by atoms with Gasteiger partial charge in [-0.15, -0.1) is 0 Å². The zero-order valence-corrected chi connectivity index (χ0v) is 13.0. The van der Waals surface area contributed by atoms with Crippen molar-refractivity contribution in [2.75, 3.05) is 25.2 Å². The molecule has 20 heavy (non-hydrogen) atoms. The molecule has 1 aromatic rings. The normalized spacial score (nSPS) is 10.2. The van der Waals surface area contributed by atoms with Crippen LogP contribution in [0, 0.1) is 11.3 Å². The molecule has 4 heteroatoms. The second kappa shape index (κ2) is 11.6. The second-order valence-corrected chi connectivity index (χ2v) is 5.66. The fraction of sp³-hybridized carbons (Fsp3) is 0.562. The van der Waals surface area contributed by atoms with Crippen molar-refractivity contribution in [2.24, 2.45) is 0 Å². The molecule has 1 N–H and O–H groups in total. The Hall–Kier alpha value is -1.18. The van der Waals surface area contributed by atoms with Crippen molar-refractivity contribution in [3.8, 4) is 11.8 Å². The van der Waals surface area contributed by atoms with Gasteiger partial charge in [0.15, 0.2) is 6.61 Å². The first kappa shape index (κ1) is 16.9.